The van der Waals surface area contributed by atoms with E-state index in [1.807, 2.05) is 13.8 Å². The maximum absolute atomic E-state index is 13.1. The molecule has 28 heavy (non-hydrogen) atoms. The summed E-state index contributed by atoms with van der Waals surface area (Å²) >= 11 is 0. The minimum atomic E-state index is -4.26. The minimum absolute atomic E-state index is 0.0759. The molecule has 1 amide bonds. The van der Waals surface area contributed by atoms with E-state index in [-0.39, 0.29) is 29.7 Å². The van der Waals surface area contributed by atoms with Crippen LogP contribution in [0, 0.1) is 5.92 Å². The number of sulfonamides is 1. The molecule has 156 valence electrons. The monoisotopic (exact) mass is 411 g/mol. The summed E-state index contributed by atoms with van der Waals surface area (Å²) in [4.78, 5) is 28.4. The molecule has 0 saturated carbocycles. The van der Waals surface area contributed by atoms with Crippen LogP contribution >= 0.6 is 0 Å². The van der Waals surface area contributed by atoms with Gasteiger partial charge in [-0.3, -0.25) is 9.79 Å². The third-order valence-corrected chi connectivity index (χ3v) is 5.81. The van der Waals surface area contributed by atoms with Crippen molar-refractivity contribution in [3.8, 4) is 0 Å². The van der Waals surface area contributed by atoms with E-state index in [9.17, 15) is 18.0 Å². The number of carbonyl (C=O) groups is 2. The number of aliphatic imine (C=N–C) groups is 1. The molecule has 0 aliphatic carbocycles. The van der Waals surface area contributed by atoms with E-state index in [2.05, 4.69) is 4.99 Å². The second-order valence-corrected chi connectivity index (χ2v) is 8.66. The number of aldehydes is 1. The van der Waals surface area contributed by atoms with Crippen LogP contribution in [0.3, 0.4) is 0 Å². The zero-order chi connectivity index (χ0) is 21.3. The normalized spacial score (nSPS) is 13.6. The van der Waals surface area contributed by atoms with E-state index < -0.39 is 28.0 Å². The molecule has 0 aliphatic rings. The predicted molar refractivity (Wildman–Crippen MR) is 108 cm³/mol. The fourth-order valence-electron chi connectivity index (χ4n) is 2.69. The van der Waals surface area contributed by atoms with E-state index in [4.69, 9.17) is 17.2 Å². The lowest BCUT2D eigenvalue weighted by molar-refractivity contribution is -0.132. The van der Waals surface area contributed by atoms with Crippen molar-refractivity contribution in [3.05, 3.63) is 30.3 Å². The standard InChI is InChI=1S/C18H29N5O4S/c1-13(2)11-16(19)17(25)23(14(12-24)7-6-10-22-18(20)21)28(26,27)15-8-4-3-5-9-15/h3-5,8-9,12-14,16H,6-7,10-11,19H2,1-2H3,(H4,20,21,22)/t14-,16-/m0/s1. The third kappa shape index (κ3) is 6.61. The second kappa shape index (κ2) is 10.8. The Labute approximate surface area is 166 Å². The molecule has 0 aliphatic heterocycles. The Morgan fingerprint density at radius 1 is 1.21 bits per heavy atom. The molecular formula is C18H29N5O4S. The maximum atomic E-state index is 13.1. The fraction of sp³-hybridized carbons (Fsp3) is 0.500. The number of carbonyl (C=O) groups excluding carboxylic acids is 2. The van der Waals surface area contributed by atoms with Gasteiger partial charge in [0.2, 0.25) is 0 Å². The molecule has 0 saturated heterocycles. The summed E-state index contributed by atoms with van der Waals surface area (Å²) in [5, 5.41) is 0. The molecule has 2 atom stereocenters. The highest BCUT2D eigenvalue weighted by Crippen LogP contribution is 2.22. The van der Waals surface area contributed by atoms with Crippen molar-refractivity contribution >= 4 is 28.2 Å². The molecular weight excluding hydrogens is 382 g/mol. The zero-order valence-corrected chi connectivity index (χ0v) is 17.0. The van der Waals surface area contributed by atoms with Crippen molar-refractivity contribution in [2.45, 2.75) is 50.1 Å². The van der Waals surface area contributed by atoms with Crippen molar-refractivity contribution in [2.75, 3.05) is 6.54 Å². The Bertz CT molecular complexity index is 776. The summed E-state index contributed by atoms with van der Waals surface area (Å²) in [7, 11) is -4.26. The molecule has 9 nitrogen and oxygen atoms in total. The van der Waals surface area contributed by atoms with Gasteiger partial charge in [-0.1, -0.05) is 32.0 Å². The quantitative estimate of drug-likeness (QED) is 0.203. The highest BCUT2D eigenvalue weighted by Gasteiger charge is 2.37. The molecule has 0 fully saturated rings. The van der Waals surface area contributed by atoms with Crippen LogP contribution in [0.25, 0.3) is 0 Å². The van der Waals surface area contributed by atoms with Gasteiger partial charge in [0.05, 0.1) is 10.9 Å². The van der Waals surface area contributed by atoms with E-state index >= 15 is 0 Å². The van der Waals surface area contributed by atoms with E-state index in [1.165, 1.54) is 24.3 Å². The predicted octanol–water partition coefficient (Wildman–Crippen LogP) is 0.198. The number of rotatable bonds is 11. The summed E-state index contributed by atoms with van der Waals surface area (Å²) in [6.45, 7) is 3.95. The van der Waals surface area contributed by atoms with Crippen molar-refractivity contribution < 1.29 is 18.0 Å². The summed E-state index contributed by atoms with van der Waals surface area (Å²) in [5.74, 6) is -0.834. The van der Waals surface area contributed by atoms with Gasteiger partial charge < -0.3 is 22.0 Å². The average Bonchev–Trinajstić information content (AvgIpc) is 2.63. The lowest BCUT2D eigenvalue weighted by Crippen LogP contribution is -2.52. The Balaban J connectivity index is 3.24. The lowest BCUT2D eigenvalue weighted by atomic mass is 10.0. The van der Waals surface area contributed by atoms with Crippen LogP contribution in [0.4, 0.5) is 0 Å². The molecule has 6 N–H and O–H groups in total. The summed E-state index contributed by atoms with van der Waals surface area (Å²) in [5.41, 5.74) is 16.5. The van der Waals surface area contributed by atoms with Gasteiger partial charge in [0, 0.05) is 6.54 Å². The topological polar surface area (TPSA) is 162 Å². The molecule has 1 aromatic rings. The van der Waals surface area contributed by atoms with Crippen molar-refractivity contribution in [1.82, 2.24) is 4.31 Å². The molecule has 0 bridgehead atoms. The number of nitrogens with zero attached hydrogens (tertiary/aromatic N) is 2. The van der Waals surface area contributed by atoms with Crippen LogP contribution in [0.5, 0.6) is 0 Å². The van der Waals surface area contributed by atoms with Gasteiger partial charge in [0.15, 0.2) is 5.96 Å². The van der Waals surface area contributed by atoms with Gasteiger partial charge in [-0.25, -0.2) is 12.7 Å². The summed E-state index contributed by atoms with van der Waals surface area (Å²) in [6, 6.07) is 5.22. The van der Waals surface area contributed by atoms with Crippen LogP contribution in [-0.4, -0.2) is 49.5 Å². The SMILES string of the molecule is CC(C)C[C@H](N)C(=O)N([C@H](C=O)CCCN=C(N)N)S(=O)(=O)c1ccccc1. The Kier molecular flexibility index (Phi) is 9.07. The Morgan fingerprint density at radius 3 is 2.32 bits per heavy atom. The molecule has 0 spiro atoms. The number of guanidine groups is 1. The first-order chi connectivity index (χ1) is 13.1. The van der Waals surface area contributed by atoms with Gasteiger partial charge in [0.1, 0.15) is 12.3 Å². The highest BCUT2D eigenvalue weighted by molar-refractivity contribution is 7.89. The van der Waals surface area contributed by atoms with Gasteiger partial charge in [-0.15, -0.1) is 0 Å². The first kappa shape index (κ1) is 23.6. The Morgan fingerprint density at radius 2 is 1.82 bits per heavy atom. The number of nitrogens with two attached hydrogens (primary N) is 3. The average molecular weight is 412 g/mol. The first-order valence-corrected chi connectivity index (χ1v) is 10.4. The van der Waals surface area contributed by atoms with Gasteiger partial charge in [-0.05, 0) is 37.3 Å². The number of hydrogen-bond acceptors (Lipinski definition) is 6. The first-order valence-electron chi connectivity index (χ1n) is 9.00. The molecule has 1 rings (SSSR count). The zero-order valence-electron chi connectivity index (χ0n) is 16.2. The smallest absolute Gasteiger partial charge is 0.267 e. The second-order valence-electron chi connectivity index (χ2n) is 6.84. The highest BCUT2D eigenvalue weighted by atomic mass is 32.2. The van der Waals surface area contributed by atoms with Crippen LogP contribution in [0.1, 0.15) is 33.1 Å². The summed E-state index contributed by atoms with van der Waals surface area (Å²) < 4.78 is 26.9. The maximum Gasteiger partial charge on any atom is 0.267 e. The van der Waals surface area contributed by atoms with Crippen LogP contribution < -0.4 is 17.2 Å². The fourth-order valence-corrected chi connectivity index (χ4v) is 4.30. The van der Waals surface area contributed by atoms with E-state index in [1.54, 1.807) is 6.07 Å². The summed E-state index contributed by atoms with van der Waals surface area (Å²) in [6.07, 6.45) is 1.12. The van der Waals surface area contributed by atoms with Crippen molar-refractivity contribution in [2.24, 2.45) is 28.1 Å². The largest absolute Gasteiger partial charge is 0.370 e. The molecule has 0 aromatic heterocycles. The Hall–Kier alpha value is -2.46. The number of amides is 1. The molecule has 0 radical (unpaired) electrons. The number of hydrogen-bond donors (Lipinski definition) is 3. The number of benzene rings is 1. The molecule has 10 heteroatoms. The van der Waals surface area contributed by atoms with Crippen LogP contribution in [0.2, 0.25) is 0 Å². The minimum Gasteiger partial charge on any atom is -0.370 e. The molecule has 0 unspecified atom stereocenters. The van der Waals surface area contributed by atoms with Gasteiger partial charge in [-0.2, -0.15) is 0 Å². The van der Waals surface area contributed by atoms with E-state index in [0.29, 0.717) is 23.4 Å². The molecule has 1 aromatic carbocycles. The van der Waals surface area contributed by atoms with Crippen LogP contribution in [0.15, 0.2) is 40.2 Å². The van der Waals surface area contributed by atoms with E-state index in [0.717, 1.165) is 0 Å². The van der Waals surface area contributed by atoms with Crippen molar-refractivity contribution in [1.29, 1.82) is 0 Å². The molecule has 0 heterocycles. The van der Waals surface area contributed by atoms with Crippen LogP contribution in [-0.2, 0) is 19.6 Å². The van der Waals surface area contributed by atoms with Gasteiger partial charge >= 0.3 is 0 Å². The van der Waals surface area contributed by atoms with Crippen molar-refractivity contribution in [3.63, 3.8) is 0 Å². The lowest BCUT2D eigenvalue weighted by Gasteiger charge is -2.30. The van der Waals surface area contributed by atoms with Gasteiger partial charge in [0.25, 0.3) is 15.9 Å². The third-order valence-electron chi connectivity index (χ3n) is 3.97.